The molecule has 1 heterocycles. The number of hydrogen-bond acceptors (Lipinski definition) is 5. The maximum atomic E-state index is 12.3. The van der Waals surface area contributed by atoms with Crippen LogP contribution in [0.2, 0.25) is 0 Å². The lowest BCUT2D eigenvalue weighted by Gasteiger charge is -2.30. The number of rotatable bonds is 5. The van der Waals surface area contributed by atoms with Crippen molar-refractivity contribution in [2.75, 3.05) is 36.5 Å². The third-order valence-corrected chi connectivity index (χ3v) is 4.06. The van der Waals surface area contributed by atoms with Gasteiger partial charge in [-0.3, -0.25) is 14.9 Å². The molecule has 0 spiro atoms. The molecule has 0 bridgehead atoms. The molecule has 1 amide bonds. The van der Waals surface area contributed by atoms with E-state index in [2.05, 4.69) is 10.2 Å². The Balaban J connectivity index is 1.74. The maximum Gasteiger partial charge on any atom is 0.276 e. The van der Waals surface area contributed by atoms with E-state index < -0.39 is 4.92 Å². The van der Waals surface area contributed by atoms with E-state index in [4.69, 9.17) is 4.74 Å². The topological polar surface area (TPSA) is 84.7 Å². The number of nitro groups is 1. The normalized spacial score (nSPS) is 14.4. The molecule has 1 N–H and O–H groups in total. The van der Waals surface area contributed by atoms with Crippen molar-refractivity contribution in [3.63, 3.8) is 0 Å². The molecule has 0 unspecified atom stereocenters. The van der Waals surface area contributed by atoms with Crippen LogP contribution in [-0.2, 0) is 9.53 Å². The van der Waals surface area contributed by atoms with E-state index in [-0.39, 0.29) is 11.6 Å². The standard InChI is InChI=1S/C19H19N3O4/c23-19(10-9-15-5-1-3-7-17(15)22(24)25)20-16-6-2-4-8-18(16)21-11-13-26-14-12-21/h1-10H,11-14H2,(H,20,23). The van der Waals surface area contributed by atoms with Crippen molar-refractivity contribution >= 4 is 29.0 Å². The van der Waals surface area contributed by atoms with Crippen LogP contribution in [0.15, 0.2) is 54.6 Å². The second kappa shape index (κ2) is 8.26. The van der Waals surface area contributed by atoms with Gasteiger partial charge in [0.2, 0.25) is 5.91 Å². The van der Waals surface area contributed by atoms with E-state index in [0.29, 0.717) is 24.5 Å². The van der Waals surface area contributed by atoms with Gasteiger partial charge in [0.1, 0.15) is 0 Å². The summed E-state index contributed by atoms with van der Waals surface area (Å²) in [6.45, 7) is 2.83. The van der Waals surface area contributed by atoms with Crippen LogP contribution < -0.4 is 10.2 Å². The Morgan fingerprint density at radius 1 is 1.12 bits per heavy atom. The summed E-state index contributed by atoms with van der Waals surface area (Å²) in [5, 5.41) is 13.9. The zero-order chi connectivity index (χ0) is 18.4. The van der Waals surface area contributed by atoms with E-state index in [1.54, 1.807) is 18.2 Å². The first kappa shape index (κ1) is 17.6. The molecule has 2 aromatic carbocycles. The molecule has 134 valence electrons. The van der Waals surface area contributed by atoms with Gasteiger partial charge in [0, 0.05) is 25.2 Å². The molecule has 7 heteroatoms. The van der Waals surface area contributed by atoms with E-state index in [1.807, 2.05) is 24.3 Å². The summed E-state index contributed by atoms with van der Waals surface area (Å²) in [5.41, 5.74) is 1.98. The Bertz CT molecular complexity index is 829. The molecule has 7 nitrogen and oxygen atoms in total. The van der Waals surface area contributed by atoms with Gasteiger partial charge in [-0.05, 0) is 24.3 Å². The summed E-state index contributed by atoms with van der Waals surface area (Å²) < 4.78 is 5.37. The summed E-state index contributed by atoms with van der Waals surface area (Å²) in [6, 6.07) is 13.9. The summed E-state index contributed by atoms with van der Waals surface area (Å²) in [4.78, 5) is 25.0. The molecule has 0 aromatic heterocycles. The van der Waals surface area contributed by atoms with Crippen molar-refractivity contribution in [2.45, 2.75) is 0 Å². The summed E-state index contributed by atoms with van der Waals surface area (Å²) in [7, 11) is 0. The number of carbonyl (C=O) groups is 1. The predicted molar refractivity (Wildman–Crippen MR) is 100 cm³/mol. The highest BCUT2D eigenvalue weighted by Gasteiger charge is 2.15. The van der Waals surface area contributed by atoms with Crippen LogP contribution in [0.3, 0.4) is 0 Å². The average molecular weight is 353 g/mol. The van der Waals surface area contributed by atoms with E-state index in [1.165, 1.54) is 18.2 Å². The first-order chi connectivity index (χ1) is 12.6. The molecular weight excluding hydrogens is 334 g/mol. The second-order valence-electron chi connectivity index (χ2n) is 5.76. The number of ether oxygens (including phenoxy) is 1. The summed E-state index contributed by atoms with van der Waals surface area (Å²) in [6.07, 6.45) is 2.75. The minimum atomic E-state index is -0.467. The van der Waals surface area contributed by atoms with E-state index in [0.717, 1.165) is 18.8 Å². The number of morpholine rings is 1. The molecule has 3 rings (SSSR count). The Labute approximate surface area is 151 Å². The van der Waals surface area contributed by atoms with Gasteiger partial charge in [0.15, 0.2) is 0 Å². The molecule has 26 heavy (non-hydrogen) atoms. The first-order valence-electron chi connectivity index (χ1n) is 8.29. The number of amides is 1. The third kappa shape index (κ3) is 4.25. The van der Waals surface area contributed by atoms with Crippen LogP contribution in [0.1, 0.15) is 5.56 Å². The molecule has 1 saturated heterocycles. The van der Waals surface area contributed by atoms with Crippen LogP contribution in [0.25, 0.3) is 6.08 Å². The number of para-hydroxylation sites is 3. The number of nitro benzene ring substituents is 1. The van der Waals surface area contributed by atoms with Gasteiger partial charge in [-0.25, -0.2) is 0 Å². The predicted octanol–water partition coefficient (Wildman–Crippen LogP) is 3.08. The number of anilines is 2. The smallest absolute Gasteiger partial charge is 0.276 e. The van der Waals surface area contributed by atoms with Crippen LogP contribution >= 0.6 is 0 Å². The molecule has 1 fully saturated rings. The third-order valence-electron chi connectivity index (χ3n) is 4.06. The fraction of sp³-hybridized carbons (Fsp3) is 0.211. The van der Waals surface area contributed by atoms with Crippen molar-refractivity contribution in [1.82, 2.24) is 0 Å². The highest BCUT2D eigenvalue weighted by Crippen LogP contribution is 2.26. The SMILES string of the molecule is O=C(C=Cc1ccccc1[N+](=O)[O-])Nc1ccccc1N1CCOCC1. The van der Waals surface area contributed by atoms with Gasteiger partial charge in [0.25, 0.3) is 5.69 Å². The first-order valence-corrected chi connectivity index (χ1v) is 8.29. The molecule has 0 radical (unpaired) electrons. The summed E-state index contributed by atoms with van der Waals surface area (Å²) >= 11 is 0. The van der Waals surface area contributed by atoms with Crippen molar-refractivity contribution in [2.24, 2.45) is 0 Å². The number of benzene rings is 2. The number of nitrogens with zero attached hydrogens (tertiary/aromatic N) is 2. The Hall–Kier alpha value is -3.19. The molecule has 0 aliphatic carbocycles. The Morgan fingerprint density at radius 3 is 2.58 bits per heavy atom. The fourth-order valence-electron chi connectivity index (χ4n) is 2.79. The number of hydrogen-bond donors (Lipinski definition) is 1. The van der Waals surface area contributed by atoms with Gasteiger partial charge in [-0.1, -0.05) is 24.3 Å². The quantitative estimate of drug-likeness (QED) is 0.507. The molecule has 0 saturated carbocycles. The molecule has 1 aliphatic rings. The van der Waals surface area contributed by atoms with E-state index in [9.17, 15) is 14.9 Å². The van der Waals surface area contributed by atoms with Crippen LogP contribution in [-0.4, -0.2) is 37.1 Å². The highest BCUT2D eigenvalue weighted by atomic mass is 16.6. The number of nitrogens with one attached hydrogen (secondary N) is 1. The van der Waals surface area contributed by atoms with Crippen LogP contribution in [0.5, 0.6) is 0 Å². The van der Waals surface area contributed by atoms with E-state index >= 15 is 0 Å². The maximum absolute atomic E-state index is 12.3. The fourth-order valence-corrected chi connectivity index (χ4v) is 2.79. The largest absolute Gasteiger partial charge is 0.378 e. The highest BCUT2D eigenvalue weighted by molar-refractivity contribution is 6.04. The van der Waals surface area contributed by atoms with Gasteiger partial charge >= 0.3 is 0 Å². The lowest BCUT2D eigenvalue weighted by molar-refractivity contribution is -0.385. The van der Waals surface area contributed by atoms with Crippen molar-refractivity contribution in [3.8, 4) is 0 Å². The zero-order valence-electron chi connectivity index (χ0n) is 14.1. The minimum Gasteiger partial charge on any atom is -0.378 e. The average Bonchev–Trinajstić information content (AvgIpc) is 2.67. The monoisotopic (exact) mass is 353 g/mol. The zero-order valence-corrected chi connectivity index (χ0v) is 14.1. The Kier molecular flexibility index (Phi) is 5.60. The second-order valence-corrected chi connectivity index (χ2v) is 5.76. The van der Waals surface area contributed by atoms with Crippen molar-refractivity contribution in [3.05, 3.63) is 70.3 Å². The summed E-state index contributed by atoms with van der Waals surface area (Å²) in [5.74, 6) is -0.344. The lowest BCUT2D eigenvalue weighted by Crippen LogP contribution is -2.36. The van der Waals surface area contributed by atoms with Crippen molar-refractivity contribution < 1.29 is 14.5 Å². The van der Waals surface area contributed by atoms with Gasteiger partial charge in [-0.15, -0.1) is 0 Å². The van der Waals surface area contributed by atoms with Crippen LogP contribution in [0, 0.1) is 10.1 Å². The number of carbonyl (C=O) groups excluding carboxylic acids is 1. The van der Waals surface area contributed by atoms with Crippen LogP contribution in [0.4, 0.5) is 17.1 Å². The molecular formula is C19H19N3O4. The minimum absolute atomic E-state index is 0.0368. The van der Waals surface area contributed by atoms with Gasteiger partial charge in [0.05, 0.1) is 35.1 Å². The molecule has 1 aliphatic heterocycles. The van der Waals surface area contributed by atoms with Crippen molar-refractivity contribution in [1.29, 1.82) is 0 Å². The lowest BCUT2D eigenvalue weighted by atomic mass is 10.1. The molecule has 0 atom stereocenters. The van der Waals surface area contributed by atoms with Gasteiger partial charge in [-0.2, -0.15) is 0 Å². The molecule has 2 aromatic rings. The Morgan fingerprint density at radius 2 is 1.81 bits per heavy atom. The van der Waals surface area contributed by atoms with Gasteiger partial charge < -0.3 is 15.0 Å².